The molecule has 0 aliphatic carbocycles. The molecule has 0 spiro atoms. The third-order valence-corrected chi connectivity index (χ3v) is 2.26. The van der Waals surface area contributed by atoms with Crippen LogP contribution in [-0.4, -0.2) is 43.3 Å². The molecule has 0 rings (SSSR count). The Kier molecular flexibility index (Phi) is 5.59. The summed E-state index contributed by atoms with van der Waals surface area (Å²) in [6.07, 6.45) is 3.13. The number of carbonyl (C=O) groups is 1. The summed E-state index contributed by atoms with van der Waals surface area (Å²) in [5, 5.41) is 0. The van der Waals surface area contributed by atoms with Crippen molar-refractivity contribution in [2.45, 2.75) is 13.8 Å². The van der Waals surface area contributed by atoms with Crippen LogP contribution in [-0.2, 0) is 4.79 Å². The molecule has 0 heterocycles. The van der Waals surface area contributed by atoms with Crippen LogP contribution in [0.3, 0.4) is 0 Å². The maximum absolute atomic E-state index is 10.6. The van der Waals surface area contributed by atoms with Crippen LogP contribution in [0.1, 0.15) is 13.8 Å². The predicted molar refractivity (Wildman–Crippen MR) is 55.7 cm³/mol. The fourth-order valence-electron chi connectivity index (χ4n) is 1.06. The van der Waals surface area contributed by atoms with Gasteiger partial charge in [0.2, 0.25) is 0 Å². The maximum Gasteiger partial charge on any atom is 0.126 e. The average Bonchev–Trinajstić information content (AvgIpc) is 2.00. The topological polar surface area (TPSA) is 20.3 Å². The molecule has 0 aromatic heterocycles. The Bertz CT molecular complexity index is 136. The van der Waals surface area contributed by atoms with Crippen molar-refractivity contribution in [3.8, 4) is 0 Å². The van der Waals surface area contributed by atoms with Gasteiger partial charge in [0, 0.05) is 24.3 Å². The molecule has 0 radical (unpaired) electrons. The number of thioether (sulfide) groups is 1. The molecule has 0 fully saturated rings. The minimum absolute atomic E-state index is 0.201. The van der Waals surface area contributed by atoms with Crippen molar-refractivity contribution >= 4 is 18.0 Å². The van der Waals surface area contributed by atoms with Gasteiger partial charge in [0.05, 0.1) is 0 Å². The summed E-state index contributed by atoms with van der Waals surface area (Å²) in [7, 11) is 2.06. The van der Waals surface area contributed by atoms with Gasteiger partial charge in [-0.15, -0.1) is 0 Å². The van der Waals surface area contributed by atoms with E-state index < -0.39 is 0 Å². The van der Waals surface area contributed by atoms with Crippen LogP contribution in [0.2, 0.25) is 0 Å². The standard InChI is InChI=1S/C9H19NOS/c1-9(2,8-11)7-10(3)5-6-12-4/h8H,5-7H2,1-4H3. The van der Waals surface area contributed by atoms with Gasteiger partial charge in [-0.1, -0.05) is 13.8 Å². The van der Waals surface area contributed by atoms with E-state index in [9.17, 15) is 4.79 Å². The van der Waals surface area contributed by atoms with E-state index in [1.807, 2.05) is 25.6 Å². The molecular formula is C9H19NOS. The molecule has 72 valence electrons. The highest BCUT2D eigenvalue weighted by Crippen LogP contribution is 2.12. The molecule has 0 atom stereocenters. The minimum Gasteiger partial charge on any atom is -0.305 e. The van der Waals surface area contributed by atoms with Gasteiger partial charge >= 0.3 is 0 Å². The molecule has 0 amide bonds. The van der Waals surface area contributed by atoms with Crippen LogP contribution in [0.25, 0.3) is 0 Å². The molecule has 0 aromatic rings. The van der Waals surface area contributed by atoms with Crippen molar-refractivity contribution in [1.29, 1.82) is 0 Å². The number of hydrogen-bond acceptors (Lipinski definition) is 3. The lowest BCUT2D eigenvalue weighted by atomic mass is 9.95. The summed E-state index contributed by atoms with van der Waals surface area (Å²) in [6, 6.07) is 0. The monoisotopic (exact) mass is 189 g/mol. The normalized spacial score (nSPS) is 12.1. The molecule has 0 saturated heterocycles. The van der Waals surface area contributed by atoms with E-state index in [-0.39, 0.29) is 5.41 Å². The molecule has 0 aromatic carbocycles. The SMILES string of the molecule is CSCCN(C)CC(C)(C)C=O. The van der Waals surface area contributed by atoms with Gasteiger partial charge in [-0.25, -0.2) is 0 Å². The van der Waals surface area contributed by atoms with Crippen LogP contribution in [0.4, 0.5) is 0 Å². The zero-order chi connectivity index (χ0) is 9.61. The van der Waals surface area contributed by atoms with Crippen molar-refractivity contribution in [3.63, 3.8) is 0 Å². The van der Waals surface area contributed by atoms with E-state index >= 15 is 0 Å². The molecule has 0 unspecified atom stereocenters. The number of hydrogen-bond donors (Lipinski definition) is 0. The summed E-state index contributed by atoms with van der Waals surface area (Å²) in [4.78, 5) is 12.8. The summed E-state index contributed by atoms with van der Waals surface area (Å²) in [5.74, 6) is 1.13. The molecule has 2 nitrogen and oxygen atoms in total. The fourth-order valence-corrected chi connectivity index (χ4v) is 1.55. The molecule has 3 heteroatoms. The Labute approximate surface area is 79.7 Å². The van der Waals surface area contributed by atoms with Gasteiger partial charge in [0.1, 0.15) is 6.29 Å². The molecule has 12 heavy (non-hydrogen) atoms. The Morgan fingerprint density at radius 2 is 2.08 bits per heavy atom. The Morgan fingerprint density at radius 3 is 2.50 bits per heavy atom. The average molecular weight is 189 g/mol. The summed E-state index contributed by atoms with van der Waals surface area (Å²) in [5.41, 5.74) is -0.201. The lowest BCUT2D eigenvalue weighted by Crippen LogP contribution is -2.33. The van der Waals surface area contributed by atoms with Crippen molar-refractivity contribution in [2.24, 2.45) is 5.41 Å². The number of rotatable bonds is 6. The van der Waals surface area contributed by atoms with E-state index in [0.717, 1.165) is 25.1 Å². The molecule has 0 aliphatic rings. The largest absolute Gasteiger partial charge is 0.305 e. The first-order valence-corrected chi connectivity index (χ1v) is 5.55. The van der Waals surface area contributed by atoms with Gasteiger partial charge in [0.15, 0.2) is 0 Å². The second-order valence-electron chi connectivity index (χ2n) is 3.84. The maximum atomic E-state index is 10.6. The fraction of sp³-hybridized carbons (Fsp3) is 0.889. The van der Waals surface area contributed by atoms with Gasteiger partial charge < -0.3 is 9.69 Å². The highest BCUT2D eigenvalue weighted by molar-refractivity contribution is 7.98. The summed E-state index contributed by atoms with van der Waals surface area (Å²) < 4.78 is 0. The predicted octanol–water partition coefficient (Wildman–Crippen LogP) is 1.51. The first kappa shape index (κ1) is 12.0. The highest BCUT2D eigenvalue weighted by Gasteiger charge is 2.18. The summed E-state index contributed by atoms with van der Waals surface area (Å²) >= 11 is 1.83. The summed E-state index contributed by atoms with van der Waals surface area (Å²) in [6.45, 7) is 5.83. The van der Waals surface area contributed by atoms with Crippen LogP contribution < -0.4 is 0 Å². The van der Waals surface area contributed by atoms with Crippen molar-refractivity contribution in [3.05, 3.63) is 0 Å². The lowest BCUT2D eigenvalue weighted by molar-refractivity contribution is -0.115. The third kappa shape index (κ3) is 5.61. The third-order valence-electron chi connectivity index (χ3n) is 1.67. The molecule has 0 aliphatic heterocycles. The van der Waals surface area contributed by atoms with E-state index in [4.69, 9.17) is 0 Å². The van der Waals surface area contributed by atoms with Crippen molar-refractivity contribution in [2.75, 3.05) is 32.1 Å². The first-order valence-electron chi connectivity index (χ1n) is 4.15. The number of nitrogens with zero attached hydrogens (tertiary/aromatic N) is 1. The van der Waals surface area contributed by atoms with E-state index in [1.54, 1.807) is 0 Å². The minimum atomic E-state index is -0.201. The molecule has 0 saturated carbocycles. The number of aldehydes is 1. The van der Waals surface area contributed by atoms with E-state index in [0.29, 0.717) is 0 Å². The van der Waals surface area contributed by atoms with Crippen LogP contribution in [0.15, 0.2) is 0 Å². The highest BCUT2D eigenvalue weighted by atomic mass is 32.2. The number of carbonyl (C=O) groups excluding carboxylic acids is 1. The zero-order valence-electron chi connectivity index (χ0n) is 8.46. The van der Waals surface area contributed by atoms with Gasteiger partial charge in [-0.2, -0.15) is 11.8 Å². The Hall–Kier alpha value is -0.0200. The van der Waals surface area contributed by atoms with E-state index in [2.05, 4.69) is 18.2 Å². The van der Waals surface area contributed by atoms with E-state index in [1.165, 1.54) is 0 Å². The van der Waals surface area contributed by atoms with Gasteiger partial charge in [0.25, 0.3) is 0 Å². The van der Waals surface area contributed by atoms with Gasteiger partial charge in [-0.05, 0) is 13.3 Å². The van der Waals surface area contributed by atoms with Gasteiger partial charge in [-0.3, -0.25) is 0 Å². The molecule has 0 N–H and O–H groups in total. The second-order valence-corrected chi connectivity index (χ2v) is 4.82. The van der Waals surface area contributed by atoms with Crippen molar-refractivity contribution < 1.29 is 4.79 Å². The van der Waals surface area contributed by atoms with Crippen molar-refractivity contribution in [1.82, 2.24) is 4.90 Å². The second kappa shape index (κ2) is 5.60. The smallest absolute Gasteiger partial charge is 0.126 e. The zero-order valence-corrected chi connectivity index (χ0v) is 9.28. The Balaban J connectivity index is 3.67. The molecular weight excluding hydrogens is 170 g/mol. The van der Waals surface area contributed by atoms with Crippen LogP contribution >= 0.6 is 11.8 Å². The Morgan fingerprint density at radius 1 is 1.50 bits per heavy atom. The first-order chi connectivity index (χ1) is 5.52. The van der Waals surface area contributed by atoms with Crippen LogP contribution in [0, 0.1) is 5.41 Å². The quantitative estimate of drug-likeness (QED) is 0.591. The molecule has 0 bridgehead atoms. The van der Waals surface area contributed by atoms with Crippen LogP contribution in [0.5, 0.6) is 0 Å². The lowest BCUT2D eigenvalue weighted by Gasteiger charge is -2.24.